The minimum absolute atomic E-state index is 0.0435. The SMILES string of the molecule is CC(C)CNC(=O)C(=O)NCC1CCN(C(=O)NC(C)(C)C)CC1. The van der Waals surface area contributed by atoms with Gasteiger partial charge in [-0.15, -0.1) is 0 Å². The molecule has 0 aromatic carbocycles. The molecule has 0 atom stereocenters. The quantitative estimate of drug-likeness (QED) is 0.669. The minimum atomic E-state index is -0.580. The Kier molecular flexibility index (Phi) is 7.51. The van der Waals surface area contributed by atoms with E-state index in [1.165, 1.54) is 0 Å². The summed E-state index contributed by atoms with van der Waals surface area (Å²) in [4.78, 5) is 37.2. The van der Waals surface area contributed by atoms with Crippen LogP contribution in [0, 0.1) is 11.8 Å². The first-order valence-corrected chi connectivity index (χ1v) is 8.71. The maximum absolute atomic E-state index is 12.1. The Morgan fingerprint density at radius 1 is 1.04 bits per heavy atom. The van der Waals surface area contributed by atoms with Crippen LogP contribution in [-0.4, -0.2) is 54.5 Å². The molecule has 0 aromatic heterocycles. The third kappa shape index (κ3) is 7.66. The molecular weight excluding hydrogens is 308 g/mol. The minimum Gasteiger partial charge on any atom is -0.348 e. The first-order valence-electron chi connectivity index (χ1n) is 8.71. The highest BCUT2D eigenvalue weighted by molar-refractivity contribution is 6.35. The maximum Gasteiger partial charge on any atom is 0.317 e. The molecule has 1 fully saturated rings. The van der Waals surface area contributed by atoms with Crippen LogP contribution in [0.1, 0.15) is 47.5 Å². The molecule has 1 aliphatic heterocycles. The average Bonchev–Trinajstić information content (AvgIpc) is 2.48. The van der Waals surface area contributed by atoms with E-state index in [1.54, 1.807) is 4.90 Å². The van der Waals surface area contributed by atoms with E-state index >= 15 is 0 Å². The second kappa shape index (κ2) is 8.89. The maximum atomic E-state index is 12.1. The largest absolute Gasteiger partial charge is 0.348 e. The number of carbonyl (C=O) groups excluding carboxylic acids is 3. The second-order valence-electron chi connectivity index (χ2n) is 7.92. The summed E-state index contributed by atoms with van der Waals surface area (Å²) in [6.07, 6.45) is 1.65. The van der Waals surface area contributed by atoms with Crippen molar-refractivity contribution in [1.29, 1.82) is 0 Å². The van der Waals surface area contributed by atoms with E-state index in [-0.39, 0.29) is 11.6 Å². The fourth-order valence-electron chi connectivity index (χ4n) is 2.43. The zero-order chi connectivity index (χ0) is 18.3. The number of piperidine rings is 1. The van der Waals surface area contributed by atoms with Crippen LogP contribution in [-0.2, 0) is 9.59 Å². The summed E-state index contributed by atoms with van der Waals surface area (Å²) in [6.45, 7) is 12.1. The highest BCUT2D eigenvalue weighted by atomic mass is 16.2. The first-order chi connectivity index (χ1) is 11.1. The van der Waals surface area contributed by atoms with E-state index in [0.717, 1.165) is 12.8 Å². The lowest BCUT2D eigenvalue weighted by Gasteiger charge is -2.34. The van der Waals surface area contributed by atoms with E-state index in [9.17, 15) is 14.4 Å². The van der Waals surface area contributed by atoms with Crippen molar-refractivity contribution in [2.75, 3.05) is 26.2 Å². The van der Waals surface area contributed by atoms with E-state index in [1.807, 2.05) is 34.6 Å². The Morgan fingerprint density at radius 3 is 2.08 bits per heavy atom. The van der Waals surface area contributed by atoms with Crippen LogP contribution in [0.25, 0.3) is 0 Å². The standard InChI is InChI=1S/C17H32N4O3/c1-12(2)10-18-14(22)15(23)19-11-13-6-8-21(9-7-13)16(24)20-17(3,4)5/h12-13H,6-11H2,1-5H3,(H,18,22)(H,19,23)(H,20,24). The molecule has 7 heteroatoms. The summed E-state index contributed by atoms with van der Waals surface area (Å²) in [5.74, 6) is -0.551. The van der Waals surface area contributed by atoms with Gasteiger partial charge in [-0.1, -0.05) is 13.8 Å². The lowest BCUT2D eigenvalue weighted by atomic mass is 9.97. The third-order valence-electron chi connectivity index (χ3n) is 3.81. The van der Waals surface area contributed by atoms with Gasteiger partial charge in [0.2, 0.25) is 0 Å². The van der Waals surface area contributed by atoms with Gasteiger partial charge < -0.3 is 20.9 Å². The molecule has 1 aliphatic rings. The van der Waals surface area contributed by atoms with E-state index < -0.39 is 11.8 Å². The summed E-state index contributed by atoms with van der Waals surface area (Å²) < 4.78 is 0. The van der Waals surface area contributed by atoms with Crippen LogP contribution in [0.5, 0.6) is 0 Å². The Hall–Kier alpha value is -1.79. The summed E-state index contributed by atoms with van der Waals surface area (Å²) in [5.41, 5.74) is -0.245. The Balaban J connectivity index is 2.27. The van der Waals surface area contributed by atoms with Crippen molar-refractivity contribution in [3.8, 4) is 0 Å². The fraction of sp³-hybridized carbons (Fsp3) is 0.824. The zero-order valence-electron chi connectivity index (χ0n) is 15.6. The van der Waals surface area contributed by atoms with Crippen LogP contribution in [0.3, 0.4) is 0 Å². The molecule has 4 amide bonds. The summed E-state index contributed by atoms with van der Waals surface area (Å²) >= 11 is 0. The number of hydrogen-bond donors (Lipinski definition) is 3. The normalized spacial score (nSPS) is 16.0. The summed E-state index contributed by atoms with van der Waals surface area (Å²) in [5, 5.41) is 8.25. The van der Waals surface area contributed by atoms with Crippen LogP contribution in [0.4, 0.5) is 4.79 Å². The molecule has 138 valence electrons. The average molecular weight is 340 g/mol. The molecule has 3 N–H and O–H groups in total. The zero-order valence-corrected chi connectivity index (χ0v) is 15.6. The molecule has 7 nitrogen and oxygen atoms in total. The lowest BCUT2D eigenvalue weighted by molar-refractivity contribution is -0.139. The number of rotatable bonds is 4. The summed E-state index contributed by atoms with van der Waals surface area (Å²) in [6, 6.07) is -0.0435. The molecule has 1 saturated heterocycles. The Bertz CT molecular complexity index is 449. The number of likely N-dealkylation sites (tertiary alicyclic amines) is 1. The van der Waals surface area contributed by atoms with Gasteiger partial charge in [0, 0.05) is 31.7 Å². The fourth-order valence-corrected chi connectivity index (χ4v) is 2.43. The van der Waals surface area contributed by atoms with Gasteiger partial charge in [0.15, 0.2) is 0 Å². The first kappa shape index (κ1) is 20.3. The Labute approximate surface area is 144 Å². The van der Waals surface area contributed by atoms with Crippen molar-refractivity contribution in [3.63, 3.8) is 0 Å². The number of nitrogens with one attached hydrogen (secondary N) is 3. The van der Waals surface area contributed by atoms with Crippen molar-refractivity contribution in [1.82, 2.24) is 20.9 Å². The van der Waals surface area contributed by atoms with Gasteiger partial charge in [-0.2, -0.15) is 0 Å². The monoisotopic (exact) mass is 340 g/mol. The number of amides is 4. The van der Waals surface area contributed by atoms with Gasteiger partial charge in [-0.05, 0) is 45.4 Å². The lowest BCUT2D eigenvalue weighted by Crippen LogP contribution is -2.51. The van der Waals surface area contributed by atoms with Gasteiger partial charge in [-0.25, -0.2) is 4.79 Å². The molecule has 24 heavy (non-hydrogen) atoms. The van der Waals surface area contributed by atoms with Crippen molar-refractivity contribution in [2.45, 2.75) is 53.0 Å². The predicted molar refractivity (Wildman–Crippen MR) is 93.4 cm³/mol. The highest BCUT2D eigenvalue weighted by Crippen LogP contribution is 2.17. The Morgan fingerprint density at radius 2 is 1.58 bits per heavy atom. The summed E-state index contributed by atoms with van der Waals surface area (Å²) in [7, 11) is 0. The molecule has 0 bridgehead atoms. The third-order valence-corrected chi connectivity index (χ3v) is 3.81. The molecular formula is C17H32N4O3. The predicted octanol–water partition coefficient (Wildman–Crippen LogP) is 1.09. The number of hydrogen-bond acceptors (Lipinski definition) is 3. The molecule has 0 saturated carbocycles. The van der Waals surface area contributed by atoms with Gasteiger partial charge in [0.05, 0.1) is 0 Å². The molecule has 0 spiro atoms. The van der Waals surface area contributed by atoms with Gasteiger partial charge in [0.25, 0.3) is 0 Å². The van der Waals surface area contributed by atoms with E-state index in [2.05, 4.69) is 16.0 Å². The molecule has 0 aromatic rings. The van der Waals surface area contributed by atoms with Crippen molar-refractivity contribution in [3.05, 3.63) is 0 Å². The second-order valence-corrected chi connectivity index (χ2v) is 7.92. The van der Waals surface area contributed by atoms with Crippen LogP contribution in [0.2, 0.25) is 0 Å². The van der Waals surface area contributed by atoms with Gasteiger partial charge in [0.1, 0.15) is 0 Å². The van der Waals surface area contributed by atoms with Crippen LogP contribution < -0.4 is 16.0 Å². The topological polar surface area (TPSA) is 90.5 Å². The highest BCUT2D eigenvalue weighted by Gasteiger charge is 2.25. The van der Waals surface area contributed by atoms with Crippen molar-refractivity contribution < 1.29 is 14.4 Å². The van der Waals surface area contributed by atoms with E-state index in [0.29, 0.717) is 38.0 Å². The molecule has 0 radical (unpaired) electrons. The van der Waals surface area contributed by atoms with Gasteiger partial charge >= 0.3 is 17.8 Å². The molecule has 1 heterocycles. The molecule has 1 rings (SSSR count). The number of urea groups is 1. The van der Waals surface area contributed by atoms with Crippen molar-refractivity contribution >= 4 is 17.8 Å². The molecule has 0 unspecified atom stereocenters. The van der Waals surface area contributed by atoms with Crippen LogP contribution in [0.15, 0.2) is 0 Å². The number of carbonyl (C=O) groups is 3. The molecule has 0 aliphatic carbocycles. The van der Waals surface area contributed by atoms with Gasteiger partial charge in [-0.3, -0.25) is 9.59 Å². The smallest absolute Gasteiger partial charge is 0.317 e. The van der Waals surface area contributed by atoms with Crippen LogP contribution >= 0.6 is 0 Å². The number of nitrogens with zero attached hydrogens (tertiary/aromatic N) is 1. The van der Waals surface area contributed by atoms with E-state index in [4.69, 9.17) is 0 Å². The van der Waals surface area contributed by atoms with Crippen molar-refractivity contribution in [2.24, 2.45) is 11.8 Å².